The zero-order chi connectivity index (χ0) is 14.6. The van der Waals surface area contributed by atoms with E-state index in [1.165, 1.54) is 0 Å². The maximum atomic E-state index is 12.8. The molecular formula is C8H15F4NO4S. The highest BCUT2D eigenvalue weighted by molar-refractivity contribution is 7.86. The first-order valence-electron chi connectivity index (χ1n) is 5.08. The smallest absolute Gasteiger partial charge is 0.313 e. The molecule has 0 rings (SSSR count). The van der Waals surface area contributed by atoms with Crippen molar-refractivity contribution in [1.29, 1.82) is 0 Å². The van der Waals surface area contributed by atoms with Crippen LogP contribution in [-0.4, -0.2) is 55.5 Å². The van der Waals surface area contributed by atoms with Gasteiger partial charge in [0.05, 0.1) is 6.61 Å². The summed E-state index contributed by atoms with van der Waals surface area (Å²) in [6, 6.07) is 0. The van der Waals surface area contributed by atoms with E-state index in [4.69, 9.17) is 4.55 Å². The lowest BCUT2D eigenvalue weighted by Gasteiger charge is -2.25. The van der Waals surface area contributed by atoms with Gasteiger partial charge in [-0.05, 0) is 13.1 Å². The highest BCUT2D eigenvalue weighted by Gasteiger charge is 2.67. The van der Waals surface area contributed by atoms with Gasteiger partial charge in [-0.25, -0.2) is 0 Å². The van der Waals surface area contributed by atoms with E-state index >= 15 is 0 Å². The molecular weight excluding hydrogens is 282 g/mol. The topological polar surface area (TPSA) is 66.8 Å². The van der Waals surface area contributed by atoms with Crippen molar-refractivity contribution in [3.8, 4) is 0 Å². The van der Waals surface area contributed by atoms with Crippen molar-refractivity contribution in [2.45, 2.75) is 25.2 Å². The predicted molar refractivity (Wildman–Crippen MR) is 55.2 cm³/mol. The van der Waals surface area contributed by atoms with Gasteiger partial charge in [-0.1, -0.05) is 13.8 Å². The summed E-state index contributed by atoms with van der Waals surface area (Å²) in [5.41, 5.74) is 0. The Labute approximate surface area is 102 Å². The highest BCUT2D eigenvalue weighted by atomic mass is 32.2. The van der Waals surface area contributed by atoms with E-state index < -0.39 is 28.1 Å². The van der Waals surface area contributed by atoms with Crippen LogP contribution in [0.2, 0.25) is 0 Å². The lowest BCUT2D eigenvalue weighted by Crippen LogP contribution is -2.49. The monoisotopic (exact) mass is 297 g/mol. The molecule has 0 saturated heterocycles. The minimum Gasteiger partial charge on any atom is -0.313 e. The third-order valence-corrected chi connectivity index (χ3v) is 3.13. The van der Waals surface area contributed by atoms with Crippen molar-refractivity contribution in [1.82, 2.24) is 4.90 Å². The number of hydrogen-bond donors (Lipinski definition) is 1. The molecule has 0 spiro atoms. The summed E-state index contributed by atoms with van der Waals surface area (Å²) in [5.74, 6) is 0. The number of likely N-dealkylation sites (N-methyl/N-ethyl adjacent to an activating group) is 1. The van der Waals surface area contributed by atoms with Gasteiger partial charge in [-0.3, -0.25) is 4.55 Å². The minimum atomic E-state index is -6.24. The third-order valence-electron chi connectivity index (χ3n) is 2.25. The van der Waals surface area contributed by atoms with Gasteiger partial charge in [0, 0.05) is 6.54 Å². The van der Waals surface area contributed by atoms with Crippen LogP contribution in [0.1, 0.15) is 13.8 Å². The van der Waals surface area contributed by atoms with Gasteiger partial charge in [-0.2, -0.15) is 26.0 Å². The molecule has 0 aliphatic heterocycles. The fourth-order valence-corrected chi connectivity index (χ4v) is 1.44. The minimum absolute atomic E-state index is 0.0653. The van der Waals surface area contributed by atoms with Crippen molar-refractivity contribution in [3.63, 3.8) is 0 Å². The molecule has 0 unspecified atom stereocenters. The largest absolute Gasteiger partial charge is 0.459 e. The zero-order valence-electron chi connectivity index (χ0n) is 9.87. The Balaban J connectivity index is 4.58. The Morgan fingerprint density at radius 1 is 1.17 bits per heavy atom. The van der Waals surface area contributed by atoms with E-state index in [0.717, 1.165) is 0 Å². The number of nitrogens with zero attached hydrogens (tertiary/aromatic N) is 1. The van der Waals surface area contributed by atoms with Gasteiger partial charge in [0.15, 0.2) is 0 Å². The molecule has 0 aromatic heterocycles. The predicted octanol–water partition coefficient (Wildman–Crippen LogP) is 1.42. The summed E-state index contributed by atoms with van der Waals surface area (Å²) in [5, 5.41) is -5.68. The summed E-state index contributed by atoms with van der Waals surface area (Å²) >= 11 is 0. The second-order valence-electron chi connectivity index (χ2n) is 3.38. The Morgan fingerprint density at radius 3 is 1.94 bits per heavy atom. The lowest BCUT2D eigenvalue weighted by atomic mass is 10.5. The number of halogens is 4. The molecule has 0 bridgehead atoms. The van der Waals surface area contributed by atoms with Crippen LogP contribution in [0.25, 0.3) is 0 Å². The van der Waals surface area contributed by atoms with Crippen LogP contribution in [0, 0.1) is 0 Å². The van der Waals surface area contributed by atoms with Crippen LogP contribution in [0.5, 0.6) is 0 Å². The molecule has 0 aromatic carbocycles. The molecule has 0 heterocycles. The van der Waals surface area contributed by atoms with Crippen molar-refractivity contribution in [3.05, 3.63) is 0 Å². The van der Waals surface area contributed by atoms with Gasteiger partial charge in [0.1, 0.15) is 0 Å². The molecule has 0 radical (unpaired) electrons. The first kappa shape index (κ1) is 17.6. The lowest BCUT2D eigenvalue weighted by molar-refractivity contribution is -0.318. The third kappa shape index (κ3) is 4.04. The molecule has 0 aliphatic rings. The van der Waals surface area contributed by atoms with Gasteiger partial charge < -0.3 is 9.64 Å². The second-order valence-corrected chi connectivity index (χ2v) is 4.85. The van der Waals surface area contributed by atoms with Crippen LogP contribution in [0.3, 0.4) is 0 Å². The summed E-state index contributed by atoms with van der Waals surface area (Å²) in [7, 11) is -6.24. The molecule has 0 amide bonds. The fourth-order valence-electron chi connectivity index (χ4n) is 1.08. The van der Waals surface area contributed by atoms with E-state index in [-0.39, 0.29) is 6.54 Å². The summed E-state index contributed by atoms with van der Waals surface area (Å²) < 4.78 is 82.9. The maximum absolute atomic E-state index is 12.8. The van der Waals surface area contributed by atoms with Gasteiger partial charge in [0.2, 0.25) is 0 Å². The number of ether oxygens (including phenoxy) is 1. The van der Waals surface area contributed by atoms with Crippen LogP contribution in [0.15, 0.2) is 0 Å². The number of hydrogen-bond acceptors (Lipinski definition) is 4. The van der Waals surface area contributed by atoms with Crippen molar-refractivity contribution >= 4 is 10.1 Å². The average molecular weight is 297 g/mol. The quantitative estimate of drug-likeness (QED) is 0.542. The molecule has 110 valence electrons. The van der Waals surface area contributed by atoms with Crippen molar-refractivity contribution < 1.29 is 35.3 Å². The Morgan fingerprint density at radius 2 is 1.61 bits per heavy atom. The molecule has 0 saturated carbocycles. The molecule has 5 nitrogen and oxygen atoms in total. The van der Waals surface area contributed by atoms with E-state index in [2.05, 4.69) is 4.74 Å². The first-order chi connectivity index (χ1) is 7.99. The maximum Gasteiger partial charge on any atom is 0.459 e. The molecule has 0 fully saturated rings. The second kappa shape index (κ2) is 6.13. The average Bonchev–Trinajstić information content (AvgIpc) is 2.22. The molecule has 0 aliphatic carbocycles. The van der Waals surface area contributed by atoms with E-state index in [0.29, 0.717) is 13.1 Å². The van der Waals surface area contributed by atoms with Crippen LogP contribution >= 0.6 is 0 Å². The molecule has 18 heavy (non-hydrogen) atoms. The van der Waals surface area contributed by atoms with Crippen molar-refractivity contribution in [2.24, 2.45) is 0 Å². The Hall–Kier alpha value is -0.450. The molecule has 0 aromatic rings. The SMILES string of the molecule is CCN(CC)CCOC(F)(F)C(F)(F)S(=O)(=O)O. The molecule has 1 N–H and O–H groups in total. The van der Waals surface area contributed by atoms with Gasteiger partial charge in [0.25, 0.3) is 0 Å². The number of rotatable bonds is 8. The Kier molecular flexibility index (Phi) is 5.98. The van der Waals surface area contributed by atoms with Crippen molar-refractivity contribution in [2.75, 3.05) is 26.2 Å². The van der Waals surface area contributed by atoms with Gasteiger partial charge >= 0.3 is 21.5 Å². The zero-order valence-corrected chi connectivity index (χ0v) is 10.7. The molecule has 10 heteroatoms. The van der Waals surface area contributed by atoms with E-state index in [1.807, 2.05) is 0 Å². The normalized spacial score (nSPS) is 14.2. The van der Waals surface area contributed by atoms with Crippen LogP contribution < -0.4 is 0 Å². The van der Waals surface area contributed by atoms with Gasteiger partial charge in [-0.15, -0.1) is 0 Å². The molecule has 0 atom stereocenters. The summed E-state index contributed by atoms with van der Waals surface area (Å²) in [6.45, 7) is 3.60. The highest BCUT2D eigenvalue weighted by Crippen LogP contribution is 2.38. The Bertz CT molecular complexity index is 356. The fraction of sp³-hybridized carbons (Fsp3) is 1.00. The van der Waals surface area contributed by atoms with Crippen LogP contribution in [0.4, 0.5) is 17.6 Å². The summed E-state index contributed by atoms with van der Waals surface area (Å²) in [4.78, 5) is 1.61. The van der Waals surface area contributed by atoms with E-state index in [1.54, 1.807) is 18.7 Å². The number of alkyl halides is 4. The first-order valence-corrected chi connectivity index (χ1v) is 6.52. The standard InChI is InChI=1S/C8H15F4NO4S/c1-3-13(4-2)5-6-17-7(9,10)8(11,12)18(14,15)16/h3-6H2,1-2H3,(H,14,15,16). The van der Waals surface area contributed by atoms with Crippen LogP contribution in [-0.2, 0) is 14.9 Å². The summed E-state index contributed by atoms with van der Waals surface area (Å²) in [6.07, 6.45) is -5.28. The van der Waals surface area contributed by atoms with E-state index in [9.17, 15) is 26.0 Å².